The lowest BCUT2D eigenvalue weighted by molar-refractivity contribution is -0.141. The molecule has 4 nitrogen and oxygen atoms in total. The van der Waals surface area contributed by atoms with Crippen LogP contribution in [0.25, 0.3) is 0 Å². The van der Waals surface area contributed by atoms with Gasteiger partial charge < -0.3 is 14.9 Å². The van der Waals surface area contributed by atoms with Gasteiger partial charge in [0.15, 0.2) is 0 Å². The van der Waals surface area contributed by atoms with Crippen LogP contribution in [-0.4, -0.2) is 35.5 Å². The summed E-state index contributed by atoms with van der Waals surface area (Å²) in [6.45, 7) is 1.84. The van der Waals surface area contributed by atoms with E-state index in [1.165, 1.54) is 26.2 Å². The Balaban J connectivity index is 3.01. The highest BCUT2D eigenvalue weighted by Gasteiger charge is 2.00. The van der Waals surface area contributed by atoms with Crippen molar-refractivity contribution < 1.29 is 19.7 Å². The van der Waals surface area contributed by atoms with Crippen molar-refractivity contribution in [1.29, 1.82) is 0 Å². The van der Waals surface area contributed by atoms with Crippen LogP contribution >= 0.6 is 0 Å². The summed E-state index contributed by atoms with van der Waals surface area (Å²) >= 11 is 0. The molecule has 1 atom stereocenters. The fraction of sp³-hybridized carbons (Fsp3) is 0.923. The summed E-state index contributed by atoms with van der Waals surface area (Å²) in [6.07, 6.45) is 7.83. The second-order valence-electron chi connectivity index (χ2n) is 4.44. The Morgan fingerprint density at radius 1 is 1.06 bits per heavy atom. The molecule has 1 unspecified atom stereocenters. The van der Waals surface area contributed by atoms with Gasteiger partial charge in [-0.1, -0.05) is 38.5 Å². The fourth-order valence-corrected chi connectivity index (χ4v) is 1.67. The van der Waals surface area contributed by atoms with Crippen LogP contribution in [0.15, 0.2) is 0 Å². The first-order valence-electron chi connectivity index (χ1n) is 6.59. The molecular formula is C13H26O4. The molecule has 0 saturated heterocycles. The van der Waals surface area contributed by atoms with Crippen LogP contribution in [0.1, 0.15) is 58.3 Å². The summed E-state index contributed by atoms with van der Waals surface area (Å²) < 4.78 is 4.84. The molecule has 0 fully saturated rings. The molecular weight excluding hydrogens is 220 g/mol. The zero-order valence-corrected chi connectivity index (χ0v) is 10.9. The molecule has 0 aliphatic rings. The summed E-state index contributed by atoms with van der Waals surface area (Å²) in [7, 11) is 0. The van der Waals surface area contributed by atoms with Crippen LogP contribution < -0.4 is 0 Å². The smallest absolute Gasteiger partial charge is 0.302 e. The van der Waals surface area contributed by atoms with Crippen molar-refractivity contribution in [2.24, 2.45) is 0 Å². The average molecular weight is 246 g/mol. The van der Waals surface area contributed by atoms with E-state index in [0.29, 0.717) is 13.0 Å². The maximum atomic E-state index is 10.5. The van der Waals surface area contributed by atoms with Gasteiger partial charge in [-0.2, -0.15) is 0 Å². The number of ether oxygens (including phenoxy) is 1. The lowest BCUT2D eigenvalue weighted by atomic mass is 10.1. The van der Waals surface area contributed by atoms with E-state index in [4.69, 9.17) is 14.9 Å². The van der Waals surface area contributed by atoms with Crippen LogP contribution in [0.2, 0.25) is 0 Å². The Kier molecular flexibility index (Phi) is 11.4. The number of hydrogen-bond acceptors (Lipinski definition) is 4. The predicted octanol–water partition coefficient (Wildman–Crippen LogP) is 2.02. The second kappa shape index (κ2) is 11.9. The van der Waals surface area contributed by atoms with Gasteiger partial charge in [-0.3, -0.25) is 4.79 Å². The van der Waals surface area contributed by atoms with Gasteiger partial charge in [0.05, 0.1) is 19.3 Å². The zero-order chi connectivity index (χ0) is 12.9. The molecule has 0 heterocycles. The van der Waals surface area contributed by atoms with Crippen molar-refractivity contribution in [2.45, 2.75) is 64.4 Å². The van der Waals surface area contributed by atoms with Crippen LogP contribution in [-0.2, 0) is 9.53 Å². The highest BCUT2D eigenvalue weighted by molar-refractivity contribution is 5.65. The number of aliphatic hydroxyl groups excluding tert-OH is 2. The molecule has 0 aromatic heterocycles. The van der Waals surface area contributed by atoms with Gasteiger partial charge in [0, 0.05) is 6.92 Å². The third-order valence-corrected chi connectivity index (χ3v) is 2.70. The van der Waals surface area contributed by atoms with Crippen LogP contribution in [0.3, 0.4) is 0 Å². The van der Waals surface area contributed by atoms with E-state index in [1.807, 2.05) is 0 Å². The third kappa shape index (κ3) is 13.3. The number of aliphatic hydroxyl groups is 2. The first-order valence-corrected chi connectivity index (χ1v) is 6.59. The topological polar surface area (TPSA) is 66.8 Å². The molecule has 0 spiro atoms. The summed E-state index contributed by atoms with van der Waals surface area (Å²) in [5.41, 5.74) is 0. The van der Waals surface area contributed by atoms with Crippen LogP contribution in [0, 0.1) is 0 Å². The first kappa shape index (κ1) is 16.4. The molecule has 0 aromatic carbocycles. The Morgan fingerprint density at radius 2 is 1.59 bits per heavy atom. The number of carbonyl (C=O) groups is 1. The Labute approximate surface area is 104 Å². The summed E-state index contributed by atoms with van der Waals surface area (Å²) in [5.74, 6) is -0.201. The van der Waals surface area contributed by atoms with E-state index in [1.54, 1.807) is 0 Å². The number of rotatable bonds is 11. The molecule has 2 N–H and O–H groups in total. The largest absolute Gasteiger partial charge is 0.466 e. The number of carbonyl (C=O) groups excluding carboxylic acids is 1. The molecule has 17 heavy (non-hydrogen) atoms. The minimum absolute atomic E-state index is 0.129. The summed E-state index contributed by atoms with van der Waals surface area (Å²) in [5, 5.41) is 17.7. The van der Waals surface area contributed by atoms with Crippen LogP contribution in [0.5, 0.6) is 0 Å². The lowest BCUT2D eigenvalue weighted by Gasteiger charge is -2.06. The predicted molar refractivity (Wildman–Crippen MR) is 66.7 cm³/mol. The normalized spacial score (nSPS) is 12.4. The molecule has 4 heteroatoms. The maximum Gasteiger partial charge on any atom is 0.302 e. The van der Waals surface area contributed by atoms with Crippen molar-refractivity contribution in [3.8, 4) is 0 Å². The van der Waals surface area contributed by atoms with Crippen molar-refractivity contribution in [3.05, 3.63) is 0 Å². The Bertz CT molecular complexity index is 182. The van der Waals surface area contributed by atoms with E-state index < -0.39 is 6.10 Å². The van der Waals surface area contributed by atoms with Gasteiger partial charge in [-0.05, 0) is 12.8 Å². The fourth-order valence-electron chi connectivity index (χ4n) is 1.67. The molecule has 0 rings (SSSR count). The SMILES string of the molecule is CC(=O)OCCCCCCCCCC(O)CO. The van der Waals surface area contributed by atoms with E-state index in [2.05, 4.69) is 0 Å². The second-order valence-corrected chi connectivity index (χ2v) is 4.44. The first-order chi connectivity index (χ1) is 8.16. The van der Waals surface area contributed by atoms with Crippen molar-refractivity contribution in [2.75, 3.05) is 13.2 Å². The zero-order valence-electron chi connectivity index (χ0n) is 10.9. The standard InChI is InChI=1S/C13H26O4/c1-12(15)17-10-8-6-4-2-3-5-7-9-13(16)11-14/h13-14,16H,2-11H2,1H3. The van der Waals surface area contributed by atoms with Gasteiger partial charge in [-0.15, -0.1) is 0 Å². The number of esters is 1. The average Bonchev–Trinajstić information content (AvgIpc) is 2.30. The highest BCUT2D eigenvalue weighted by atomic mass is 16.5. The Hall–Kier alpha value is -0.610. The van der Waals surface area contributed by atoms with E-state index >= 15 is 0 Å². The highest BCUT2D eigenvalue weighted by Crippen LogP contribution is 2.09. The quantitative estimate of drug-likeness (QED) is 0.432. The van der Waals surface area contributed by atoms with Crippen molar-refractivity contribution >= 4 is 5.97 Å². The minimum Gasteiger partial charge on any atom is -0.466 e. The van der Waals surface area contributed by atoms with Gasteiger partial charge >= 0.3 is 5.97 Å². The van der Waals surface area contributed by atoms with Gasteiger partial charge in [0.1, 0.15) is 0 Å². The summed E-state index contributed by atoms with van der Waals surface area (Å²) in [4.78, 5) is 10.5. The summed E-state index contributed by atoms with van der Waals surface area (Å²) in [6, 6.07) is 0. The van der Waals surface area contributed by atoms with Crippen LogP contribution in [0.4, 0.5) is 0 Å². The molecule has 0 aliphatic heterocycles. The van der Waals surface area contributed by atoms with E-state index in [-0.39, 0.29) is 12.6 Å². The Morgan fingerprint density at radius 3 is 2.12 bits per heavy atom. The molecule has 0 amide bonds. The molecule has 0 saturated carbocycles. The number of unbranched alkanes of at least 4 members (excludes halogenated alkanes) is 6. The van der Waals surface area contributed by atoms with Gasteiger partial charge in [-0.25, -0.2) is 0 Å². The molecule has 0 aliphatic carbocycles. The number of hydrogen-bond donors (Lipinski definition) is 2. The molecule has 0 radical (unpaired) electrons. The monoisotopic (exact) mass is 246 g/mol. The van der Waals surface area contributed by atoms with Crippen molar-refractivity contribution in [3.63, 3.8) is 0 Å². The van der Waals surface area contributed by atoms with Crippen molar-refractivity contribution in [1.82, 2.24) is 0 Å². The van der Waals surface area contributed by atoms with E-state index in [0.717, 1.165) is 25.7 Å². The molecule has 0 bridgehead atoms. The lowest BCUT2D eigenvalue weighted by Crippen LogP contribution is -2.10. The molecule has 102 valence electrons. The van der Waals surface area contributed by atoms with E-state index in [9.17, 15) is 4.79 Å². The van der Waals surface area contributed by atoms with Gasteiger partial charge in [0.25, 0.3) is 0 Å². The molecule has 0 aromatic rings. The third-order valence-electron chi connectivity index (χ3n) is 2.70. The maximum absolute atomic E-state index is 10.5. The minimum atomic E-state index is -0.543. The van der Waals surface area contributed by atoms with Gasteiger partial charge in [0.2, 0.25) is 0 Å².